The molecule has 0 aromatic rings. The van der Waals surface area contributed by atoms with Crippen molar-refractivity contribution in [2.24, 2.45) is 0 Å². The van der Waals surface area contributed by atoms with Crippen LogP contribution in [0.5, 0.6) is 0 Å². The first-order valence-electron chi connectivity index (χ1n) is 4.33. The van der Waals surface area contributed by atoms with Crippen molar-refractivity contribution >= 4 is 12.1 Å². The highest BCUT2D eigenvalue weighted by molar-refractivity contribution is 5.97. The first kappa shape index (κ1) is 9.77. The average molecular weight is 183 g/mol. The molecular formula is C9H15N2O2+. The van der Waals surface area contributed by atoms with E-state index in [1.807, 2.05) is 18.7 Å². The summed E-state index contributed by atoms with van der Waals surface area (Å²) < 4.78 is 1.82. The van der Waals surface area contributed by atoms with E-state index in [0.717, 1.165) is 12.8 Å². The number of nitrogens with one attached hydrogen (secondary N) is 1. The molecule has 4 nitrogen and oxygen atoms in total. The van der Waals surface area contributed by atoms with Crippen LogP contribution in [0.3, 0.4) is 0 Å². The van der Waals surface area contributed by atoms with Crippen LogP contribution in [0.4, 0.5) is 0 Å². The fraction of sp³-hybridized carbons (Fsp3) is 0.556. The zero-order valence-corrected chi connectivity index (χ0v) is 8.00. The summed E-state index contributed by atoms with van der Waals surface area (Å²) in [5, 5.41) is 12.1. The molecule has 0 saturated carbocycles. The second-order valence-corrected chi connectivity index (χ2v) is 3.33. The molecular weight excluding hydrogens is 168 g/mol. The molecule has 0 aromatic heterocycles. The Morgan fingerprint density at radius 3 is 2.85 bits per heavy atom. The zero-order valence-electron chi connectivity index (χ0n) is 8.00. The number of amides is 1. The Balaban J connectivity index is 2.94. The molecule has 0 aromatic carbocycles. The lowest BCUT2D eigenvalue weighted by molar-refractivity contribution is -0.459. The highest BCUT2D eigenvalue weighted by Gasteiger charge is 2.17. The smallest absolute Gasteiger partial charge is 0.286 e. The van der Waals surface area contributed by atoms with Crippen LogP contribution in [0, 0.1) is 0 Å². The van der Waals surface area contributed by atoms with E-state index in [9.17, 15) is 9.90 Å². The lowest BCUT2D eigenvalue weighted by Crippen LogP contribution is -2.24. The van der Waals surface area contributed by atoms with Crippen molar-refractivity contribution in [1.29, 1.82) is 0 Å². The molecule has 0 radical (unpaired) electrons. The van der Waals surface area contributed by atoms with Crippen LogP contribution in [0.1, 0.15) is 12.8 Å². The number of hydrogen-bond acceptors (Lipinski definition) is 2. The molecule has 0 bridgehead atoms. The third kappa shape index (κ3) is 2.57. The summed E-state index contributed by atoms with van der Waals surface area (Å²) >= 11 is 0. The number of aliphatic hydroxyl groups excluding tert-OH is 1. The number of rotatable bonds is 1. The van der Waals surface area contributed by atoms with E-state index in [4.69, 9.17) is 0 Å². The molecule has 0 atom stereocenters. The number of hydrogen-bond donors (Lipinski definition) is 2. The van der Waals surface area contributed by atoms with Gasteiger partial charge in [0.1, 0.15) is 14.1 Å². The van der Waals surface area contributed by atoms with Crippen molar-refractivity contribution in [2.75, 3.05) is 20.6 Å². The van der Waals surface area contributed by atoms with Gasteiger partial charge in [-0.25, -0.2) is 4.58 Å². The van der Waals surface area contributed by atoms with Gasteiger partial charge in [0.05, 0.1) is 5.57 Å². The van der Waals surface area contributed by atoms with Gasteiger partial charge in [0.15, 0.2) is 12.0 Å². The molecule has 2 N–H and O–H groups in total. The van der Waals surface area contributed by atoms with E-state index in [1.54, 1.807) is 6.21 Å². The van der Waals surface area contributed by atoms with Crippen LogP contribution >= 0.6 is 0 Å². The maximum atomic E-state index is 11.1. The van der Waals surface area contributed by atoms with Gasteiger partial charge in [0.25, 0.3) is 5.91 Å². The molecule has 1 amide bonds. The van der Waals surface area contributed by atoms with Crippen molar-refractivity contribution in [3.8, 4) is 0 Å². The molecule has 0 unspecified atom stereocenters. The average Bonchev–Trinajstić information content (AvgIpc) is 2.19. The maximum absolute atomic E-state index is 11.1. The van der Waals surface area contributed by atoms with Gasteiger partial charge in [-0.3, -0.25) is 4.79 Å². The first-order chi connectivity index (χ1) is 6.11. The zero-order chi connectivity index (χ0) is 9.84. The van der Waals surface area contributed by atoms with E-state index in [-0.39, 0.29) is 11.7 Å². The van der Waals surface area contributed by atoms with E-state index in [2.05, 4.69) is 5.32 Å². The van der Waals surface area contributed by atoms with Crippen molar-refractivity contribution in [3.63, 3.8) is 0 Å². The number of carbonyl (C=O) groups is 1. The standard InChI is InChI=1S/C9H14N2O2/c1-11(2)6-7-4-3-5-10-9(13)8(7)12/h6H,3-5H2,1-2H3,(H,10,13)/p+1. The molecule has 0 fully saturated rings. The van der Waals surface area contributed by atoms with Gasteiger partial charge < -0.3 is 10.4 Å². The van der Waals surface area contributed by atoms with Gasteiger partial charge in [0, 0.05) is 6.54 Å². The minimum Gasteiger partial charge on any atom is -0.503 e. The molecule has 13 heavy (non-hydrogen) atoms. The van der Waals surface area contributed by atoms with Gasteiger partial charge in [0.2, 0.25) is 0 Å². The van der Waals surface area contributed by atoms with Crippen LogP contribution in [-0.2, 0) is 4.79 Å². The molecule has 0 spiro atoms. The highest BCUT2D eigenvalue weighted by atomic mass is 16.3. The van der Waals surface area contributed by atoms with Crippen LogP contribution < -0.4 is 5.32 Å². The quantitative estimate of drug-likeness (QED) is 0.446. The van der Waals surface area contributed by atoms with Crippen LogP contribution in [-0.4, -0.2) is 42.4 Å². The lowest BCUT2D eigenvalue weighted by Gasteiger charge is -1.98. The third-order valence-corrected chi connectivity index (χ3v) is 1.84. The van der Waals surface area contributed by atoms with E-state index in [1.165, 1.54) is 0 Å². The van der Waals surface area contributed by atoms with Gasteiger partial charge in [-0.05, 0) is 12.8 Å². The number of allylic oxidation sites excluding steroid dienone is 1. The fourth-order valence-corrected chi connectivity index (χ4v) is 1.27. The third-order valence-electron chi connectivity index (χ3n) is 1.84. The Kier molecular flexibility index (Phi) is 3.06. The molecule has 72 valence electrons. The minimum absolute atomic E-state index is 0.147. The van der Waals surface area contributed by atoms with Gasteiger partial charge in [-0.15, -0.1) is 0 Å². The predicted molar refractivity (Wildman–Crippen MR) is 50.1 cm³/mol. The van der Waals surface area contributed by atoms with Crippen molar-refractivity contribution < 1.29 is 14.5 Å². The Labute approximate surface area is 77.6 Å². The van der Waals surface area contributed by atoms with Gasteiger partial charge >= 0.3 is 0 Å². The first-order valence-corrected chi connectivity index (χ1v) is 4.33. The summed E-state index contributed by atoms with van der Waals surface area (Å²) in [7, 11) is 3.73. The van der Waals surface area contributed by atoms with Gasteiger partial charge in [-0.1, -0.05) is 0 Å². The predicted octanol–water partition coefficient (Wildman–Crippen LogP) is 0.0514. The maximum Gasteiger partial charge on any atom is 0.286 e. The number of carbonyl (C=O) groups excluding carboxylic acids is 1. The molecule has 1 aliphatic heterocycles. The SMILES string of the molecule is C[N+](C)=CC1=C(O)C(=O)NCCC1. The topological polar surface area (TPSA) is 52.3 Å². The molecule has 1 rings (SSSR count). The second-order valence-electron chi connectivity index (χ2n) is 3.33. The fourth-order valence-electron chi connectivity index (χ4n) is 1.27. The Bertz CT molecular complexity index is 275. The molecule has 0 saturated heterocycles. The lowest BCUT2D eigenvalue weighted by atomic mass is 10.1. The molecule has 1 aliphatic rings. The van der Waals surface area contributed by atoms with E-state index >= 15 is 0 Å². The number of aliphatic hydroxyl groups is 1. The Morgan fingerprint density at radius 2 is 2.23 bits per heavy atom. The minimum atomic E-state index is -0.370. The summed E-state index contributed by atoms with van der Waals surface area (Å²) in [5.74, 6) is -0.517. The Morgan fingerprint density at radius 1 is 1.54 bits per heavy atom. The summed E-state index contributed by atoms with van der Waals surface area (Å²) in [5.41, 5.74) is 0.708. The monoisotopic (exact) mass is 183 g/mol. The molecule has 0 aliphatic carbocycles. The van der Waals surface area contributed by atoms with Crippen molar-refractivity contribution in [2.45, 2.75) is 12.8 Å². The van der Waals surface area contributed by atoms with Crippen LogP contribution in [0.2, 0.25) is 0 Å². The summed E-state index contributed by atoms with van der Waals surface area (Å²) in [6.07, 6.45) is 3.39. The van der Waals surface area contributed by atoms with Crippen LogP contribution in [0.25, 0.3) is 0 Å². The Hall–Kier alpha value is -1.32. The van der Waals surface area contributed by atoms with E-state index < -0.39 is 0 Å². The largest absolute Gasteiger partial charge is 0.503 e. The second kappa shape index (κ2) is 4.07. The molecule has 1 heterocycles. The van der Waals surface area contributed by atoms with Crippen LogP contribution in [0.15, 0.2) is 11.3 Å². The van der Waals surface area contributed by atoms with E-state index in [0.29, 0.717) is 12.1 Å². The van der Waals surface area contributed by atoms with Crippen molar-refractivity contribution in [1.82, 2.24) is 5.32 Å². The van der Waals surface area contributed by atoms with Gasteiger partial charge in [-0.2, -0.15) is 0 Å². The summed E-state index contributed by atoms with van der Waals surface area (Å²) in [6, 6.07) is 0. The normalized spacial score (nSPS) is 17.8. The highest BCUT2D eigenvalue weighted by Crippen LogP contribution is 2.10. The van der Waals surface area contributed by atoms with Crippen molar-refractivity contribution in [3.05, 3.63) is 11.3 Å². The summed E-state index contributed by atoms with van der Waals surface area (Å²) in [6.45, 7) is 0.633. The molecule has 4 heteroatoms. The summed E-state index contributed by atoms with van der Waals surface area (Å²) in [4.78, 5) is 11.1. The number of nitrogens with zero attached hydrogens (tertiary/aromatic N) is 1.